The van der Waals surface area contributed by atoms with Crippen LogP contribution in [0.2, 0.25) is 0 Å². The molecule has 0 aromatic heterocycles. The lowest BCUT2D eigenvalue weighted by Gasteiger charge is -2.27. The summed E-state index contributed by atoms with van der Waals surface area (Å²) in [6.45, 7) is 5.60. The number of aliphatic hydroxyl groups is 1. The van der Waals surface area contributed by atoms with Crippen LogP contribution in [0.4, 0.5) is 0 Å². The van der Waals surface area contributed by atoms with Crippen LogP contribution in [-0.2, 0) is 9.59 Å². The number of likely N-dealkylation sites (tertiary alicyclic amines) is 1. The Labute approximate surface area is 114 Å². The van der Waals surface area contributed by atoms with E-state index in [0.29, 0.717) is 6.54 Å². The Morgan fingerprint density at radius 3 is 2.26 bits per heavy atom. The van der Waals surface area contributed by atoms with Gasteiger partial charge in [-0.05, 0) is 19.8 Å². The molecule has 0 radical (unpaired) electrons. The zero-order valence-electron chi connectivity index (χ0n) is 11.7. The third-order valence-electron chi connectivity index (χ3n) is 3.29. The number of nitrogens with zero attached hydrogens (tertiary/aromatic N) is 2. The molecule has 1 heterocycles. The highest BCUT2D eigenvalue weighted by molar-refractivity contribution is 5.78. The van der Waals surface area contributed by atoms with Crippen molar-refractivity contribution in [2.45, 2.75) is 32.8 Å². The average Bonchev–Trinajstić information content (AvgIpc) is 2.80. The van der Waals surface area contributed by atoms with E-state index in [1.165, 1.54) is 0 Å². The van der Waals surface area contributed by atoms with E-state index in [0.717, 1.165) is 25.9 Å². The Balaban J connectivity index is 2.52. The van der Waals surface area contributed by atoms with Crippen LogP contribution in [0.1, 0.15) is 26.7 Å². The smallest absolute Gasteiger partial charge is 0.307 e. The van der Waals surface area contributed by atoms with E-state index in [2.05, 4.69) is 0 Å². The van der Waals surface area contributed by atoms with Crippen LogP contribution in [0.25, 0.3) is 0 Å². The minimum atomic E-state index is -0.885. The van der Waals surface area contributed by atoms with E-state index in [-0.39, 0.29) is 19.0 Å². The second-order valence-electron chi connectivity index (χ2n) is 5.37. The van der Waals surface area contributed by atoms with Gasteiger partial charge in [-0.1, -0.05) is 6.92 Å². The van der Waals surface area contributed by atoms with Crippen LogP contribution >= 0.6 is 0 Å². The molecule has 1 fully saturated rings. The zero-order chi connectivity index (χ0) is 14.4. The fourth-order valence-electron chi connectivity index (χ4n) is 2.30. The van der Waals surface area contributed by atoms with E-state index in [1.807, 2.05) is 0 Å². The van der Waals surface area contributed by atoms with E-state index < -0.39 is 18.0 Å². The molecule has 1 rings (SSSR count). The van der Waals surface area contributed by atoms with Crippen LogP contribution < -0.4 is 0 Å². The monoisotopic (exact) mass is 272 g/mol. The summed E-state index contributed by atoms with van der Waals surface area (Å²) in [4.78, 5) is 26.5. The minimum absolute atomic E-state index is 0.0238. The number of carbonyl (C=O) groups excluding carboxylic acids is 1. The van der Waals surface area contributed by atoms with Gasteiger partial charge < -0.3 is 15.1 Å². The first kappa shape index (κ1) is 15.9. The third-order valence-corrected chi connectivity index (χ3v) is 3.29. The van der Waals surface area contributed by atoms with Gasteiger partial charge in [0.25, 0.3) is 0 Å². The first-order valence-corrected chi connectivity index (χ1v) is 6.81. The number of amides is 1. The molecule has 1 saturated heterocycles. The third kappa shape index (κ3) is 5.57. The predicted molar refractivity (Wildman–Crippen MR) is 70.7 cm³/mol. The summed E-state index contributed by atoms with van der Waals surface area (Å²) >= 11 is 0. The Morgan fingerprint density at radius 1 is 1.21 bits per heavy atom. The molecule has 1 aliphatic rings. The molecule has 19 heavy (non-hydrogen) atoms. The maximum atomic E-state index is 12.0. The lowest BCUT2D eigenvalue weighted by atomic mass is 10.1. The Bertz CT molecular complexity index is 314. The summed E-state index contributed by atoms with van der Waals surface area (Å²) in [5, 5.41) is 18.4. The Kier molecular flexibility index (Phi) is 6.24. The standard InChI is InChI=1S/C13H24N2O4/c1-10(13(18)19)7-14(8-11(2)16)9-12(17)15-5-3-4-6-15/h10-11,16H,3-9H2,1-2H3,(H,18,19). The van der Waals surface area contributed by atoms with E-state index in [4.69, 9.17) is 5.11 Å². The molecule has 1 aliphatic heterocycles. The number of hydrogen-bond donors (Lipinski definition) is 2. The van der Waals surface area contributed by atoms with Gasteiger partial charge in [0, 0.05) is 26.2 Å². The molecular formula is C13H24N2O4. The Morgan fingerprint density at radius 2 is 1.79 bits per heavy atom. The second-order valence-corrected chi connectivity index (χ2v) is 5.37. The molecule has 0 bridgehead atoms. The van der Waals surface area contributed by atoms with Gasteiger partial charge in [-0.2, -0.15) is 0 Å². The number of carboxylic acids is 1. The highest BCUT2D eigenvalue weighted by atomic mass is 16.4. The topological polar surface area (TPSA) is 81.1 Å². The SMILES string of the molecule is CC(O)CN(CC(=O)N1CCCC1)CC(C)C(=O)O. The van der Waals surface area contributed by atoms with Crippen molar-refractivity contribution in [3.8, 4) is 0 Å². The summed E-state index contributed by atoms with van der Waals surface area (Å²) in [6.07, 6.45) is 1.49. The maximum Gasteiger partial charge on any atom is 0.307 e. The van der Waals surface area contributed by atoms with Gasteiger partial charge in [-0.25, -0.2) is 0 Å². The number of carbonyl (C=O) groups is 2. The minimum Gasteiger partial charge on any atom is -0.481 e. The van der Waals surface area contributed by atoms with Crippen molar-refractivity contribution in [2.75, 3.05) is 32.7 Å². The molecule has 1 amide bonds. The van der Waals surface area contributed by atoms with Crippen molar-refractivity contribution < 1.29 is 19.8 Å². The van der Waals surface area contributed by atoms with Crippen molar-refractivity contribution in [2.24, 2.45) is 5.92 Å². The molecular weight excluding hydrogens is 248 g/mol. The van der Waals surface area contributed by atoms with Crippen molar-refractivity contribution in [3.05, 3.63) is 0 Å². The lowest BCUT2D eigenvalue weighted by molar-refractivity contribution is -0.143. The van der Waals surface area contributed by atoms with Gasteiger partial charge in [0.15, 0.2) is 0 Å². The molecule has 6 heteroatoms. The van der Waals surface area contributed by atoms with Gasteiger partial charge >= 0.3 is 5.97 Å². The van der Waals surface area contributed by atoms with Gasteiger partial charge in [0.2, 0.25) is 5.91 Å². The summed E-state index contributed by atoms with van der Waals surface area (Å²) < 4.78 is 0. The average molecular weight is 272 g/mol. The molecule has 0 aromatic carbocycles. The molecule has 2 unspecified atom stereocenters. The zero-order valence-corrected chi connectivity index (χ0v) is 11.7. The van der Waals surface area contributed by atoms with E-state index >= 15 is 0 Å². The molecule has 2 N–H and O–H groups in total. The summed E-state index contributed by atoms with van der Waals surface area (Å²) in [5.74, 6) is -1.41. The van der Waals surface area contributed by atoms with Crippen molar-refractivity contribution in [1.29, 1.82) is 0 Å². The largest absolute Gasteiger partial charge is 0.481 e. The van der Waals surface area contributed by atoms with Crippen LogP contribution in [0.3, 0.4) is 0 Å². The normalized spacial score (nSPS) is 18.6. The van der Waals surface area contributed by atoms with E-state index in [1.54, 1.807) is 23.6 Å². The van der Waals surface area contributed by atoms with Crippen molar-refractivity contribution in [3.63, 3.8) is 0 Å². The van der Waals surface area contributed by atoms with Gasteiger partial charge in [-0.3, -0.25) is 14.5 Å². The summed E-state index contributed by atoms with van der Waals surface area (Å²) in [6, 6.07) is 0. The molecule has 0 saturated carbocycles. The highest BCUT2D eigenvalue weighted by Gasteiger charge is 2.23. The molecule has 6 nitrogen and oxygen atoms in total. The van der Waals surface area contributed by atoms with Crippen LogP contribution in [0.5, 0.6) is 0 Å². The van der Waals surface area contributed by atoms with Gasteiger partial charge in [0.05, 0.1) is 18.6 Å². The Hall–Kier alpha value is -1.14. The first-order chi connectivity index (χ1) is 8.90. The number of rotatable bonds is 7. The molecule has 110 valence electrons. The summed E-state index contributed by atoms with van der Waals surface area (Å²) in [7, 11) is 0. The fourth-order valence-corrected chi connectivity index (χ4v) is 2.30. The van der Waals surface area contributed by atoms with Crippen LogP contribution in [-0.4, -0.2) is 70.7 Å². The van der Waals surface area contributed by atoms with Crippen molar-refractivity contribution in [1.82, 2.24) is 9.80 Å². The predicted octanol–water partition coefficient (Wildman–Crippen LogP) is 0.0123. The van der Waals surface area contributed by atoms with Gasteiger partial charge in [-0.15, -0.1) is 0 Å². The fraction of sp³-hybridized carbons (Fsp3) is 0.846. The summed E-state index contributed by atoms with van der Waals surface area (Å²) in [5.41, 5.74) is 0. The molecule has 0 spiro atoms. The first-order valence-electron chi connectivity index (χ1n) is 6.81. The number of carboxylic acid groups (broad SMARTS) is 1. The van der Waals surface area contributed by atoms with Crippen LogP contribution in [0, 0.1) is 5.92 Å². The second kappa shape index (κ2) is 7.45. The number of hydrogen-bond acceptors (Lipinski definition) is 4. The maximum absolute atomic E-state index is 12.0. The lowest BCUT2D eigenvalue weighted by Crippen LogP contribution is -2.44. The van der Waals surface area contributed by atoms with Gasteiger partial charge in [0.1, 0.15) is 0 Å². The van der Waals surface area contributed by atoms with E-state index in [9.17, 15) is 14.7 Å². The van der Waals surface area contributed by atoms with Crippen molar-refractivity contribution >= 4 is 11.9 Å². The molecule has 0 aromatic rings. The number of aliphatic carboxylic acids is 1. The molecule has 0 aliphatic carbocycles. The van der Waals surface area contributed by atoms with Crippen LogP contribution in [0.15, 0.2) is 0 Å². The molecule has 2 atom stereocenters. The quantitative estimate of drug-likeness (QED) is 0.682. The number of aliphatic hydroxyl groups excluding tert-OH is 1. The highest BCUT2D eigenvalue weighted by Crippen LogP contribution is 2.09.